The molecule has 0 aliphatic carbocycles. The van der Waals surface area contributed by atoms with Crippen molar-refractivity contribution in [2.45, 2.75) is 10.3 Å². The number of ether oxygens (including phenoxy) is 1. The van der Waals surface area contributed by atoms with Crippen LogP contribution in [0.3, 0.4) is 0 Å². The summed E-state index contributed by atoms with van der Waals surface area (Å²) in [6.07, 6.45) is 1.74. The van der Waals surface area contributed by atoms with Gasteiger partial charge in [-0.25, -0.2) is 4.98 Å². The molecule has 1 aliphatic rings. The fraction of sp³-hybridized carbons (Fsp3) is 0.235. The second kappa shape index (κ2) is 6.02. The van der Waals surface area contributed by atoms with E-state index in [1.54, 1.807) is 6.33 Å². The van der Waals surface area contributed by atoms with Crippen molar-refractivity contribution in [3.05, 3.63) is 54.9 Å². The monoisotopic (exact) mass is 311 g/mol. The average molecular weight is 311 g/mol. The third kappa shape index (κ3) is 2.69. The maximum atomic E-state index is 5.70. The number of fused-ring (bicyclic) bond motifs is 1. The number of hydrogen-bond acceptors (Lipinski definition) is 4. The summed E-state index contributed by atoms with van der Waals surface area (Å²) in [6.45, 7) is 2.41. The molecule has 0 spiro atoms. The first kappa shape index (κ1) is 13.7. The van der Waals surface area contributed by atoms with Crippen LogP contribution < -0.4 is 4.90 Å². The molecular weight excluding hydrogens is 294 g/mol. The van der Waals surface area contributed by atoms with Gasteiger partial charge in [-0.05, 0) is 30.3 Å². The Morgan fingerprint density at radius 3 is 3.00 bits per heavy atom. The predicted molar refractivity (Wildman–Crippen MR) is 90.3 cm³/mol. The zero-order chi connectivity index (χ0) is 14.8. The van der Waals surface area contributed by atoms with Crippen LogP contribution in [-0.4, -0.2) is 35.1 Å². The molecule has 1 N–H and O–H groups in total. The van der Waals surface area contributed by atoms with Crippen molar-refractivity contribution >= 4 is 28.5 Å². The van der Waals surface area contributed by atoms with Gasteiger partial charge in [0.05, 0.1) is 30.6 Å². The number of benzene rings is 2. The second-order valence-electron chi connectivity index (χ2n) is 5.26. The van der Waals surface area contributed by atoms with E-state index >= 15 is 0 Å². The van der Waals surface area contributed by atoms with Gasteiger partial charge in [-0.15, -0.1) is 0 Å². The minimum absolute atomic E-state index is 0.288. The summed E-state index contributed by atoms with van der Waals surface area (Å²) < 4.78 is 5.70. The summed E-state index contributed by atoms with van der Waals surface area (Å²) in [5.41, 5.74) is 3.30. The molecule has 0 bridgehead atoms. The van der Waals surface area contributed by atoms with E-state index < -0.39 is 0 Å². The van der Waals surface area contributed by atoms with Gasteiger partial charge in [-0.2, -0.15) is 0 Å². The van der Waals surface area contributed by atoms with Crippen LogP contribution in [-0.2, 0) is 4.74 Å². The molecule has 2 heterocycles. The van der Waals surface area contributed by atoms with E-state index in [2.05, 4.69) is 57.3 Å². The highest BCUT2D eigenvalue weighted by Gasteiger charge is 2.24. The highest BCUT2D eigenvalue weighted by atomic mass is 32.2. The SMILES string of the molecule is c1ccc(SC2COCCN2c2ccc3nc[nH]c3c2)cc1. The van der Waals surface area contributed by atoms with Crippen LogP contribution in [0.1, 0.15) is 0 Å². The molecule has 1 saturated heterocycles. The maximum absolute atomic E-state index is 5.70. The number of aromatic amines is 1. The first-order valence-electron chi connectivity index (χ1n) is 7.39. The summed E-state index contributed by atoms with van der Waals surface area (Å²) in [5, 5.41) is 0.288. The predicted octanol–water partition coefficient (Wildman–Crippen LogP) is 3.52. The third-order valence-electron chi connectivity index (χ3n) is 3.84. The summed E-state index contributed by atoms with van der Waals surface area (Å²) in [4.78, 5) is 11.2. The Balaban J connectivity index is 1.62. The number of rotatable bonds is 3. The summed E-state index contributed by atoms with van der Waals surface area (Å²) in [7, 11) is 0. The molecule has 0 saturated carbocycles. The van der Waals surface area contributed by atoms with Crippen molar-refractivity contribution in [3.8, 4) is 0 Å². The Labute approximate surface area is 133 Å². The molecule has 1 unspecified atom stereocenters. The van der Waals surface area contributed by atoms with Crippen LogP contribution in [0.5, 0.6) is 0 Å². The number of hydrogen-bond donors (Lipinski definition) is 1. The Kier molecular flexibility index (Phi) is 3.74. The number of H-pyrrole nitrogens is 1. The fourth-order valence-corrected chi connectivity index (χ4v) is 3.88. The normalized spacial score (nSPS) is 18.7. The highest BCUT2D eigenvalue weighted by Crippen LogP contribution is 2.32. The highest BCUT2D eigenvalue weighted by molar-refractivity contribution is 8.00. The van der Waals surface area contributed by atoms with Gasteiger partial charge in [0, 0.05) is 17.1 Å². The Bertz CT molecular complexity index is 759. The number of morpholine rings is 1. The van der Waals surface area contributed by atoms with E-state index in [0.29, 0.717) is 0 Å². The molecule has 0 radical (unpaired) electrons. The van der Waals surface area contributed by atoms with Gasteiger partial charge >= 0.3 is 0 Å². The molecule has 5 heteroatoms. The zero-order valence-electron chi connectivity index (χ0n) is 12.1. The van der Waals surface area contributed by atoms with Crippen LogP contribution in [0.4, 0.5) is 5.69 Å². The molecule has 3 aromatic rings. The lowest BCUT2D eigenvalue weighted by molar-refractivity contribution is 0.115. The lowest BCUT2D eigenvalue weighted by Crippen LogP contribution is -2.43. The van der Waals surface area contributed by atoms with Gasteiger partial charge in [0.1, 0.15) is 5.37 Å². The number of thioether (sulfide) groups is 1. The van der Waals surface area contributed by atoms with E-state index in [4.69, 9.17) is 4.74 Å². The van der Waals surface area contributed by atoms with Crippen LogP contribution in [0.25, 0.3) is 11.0 Å². The molecule has 1 fully saturated rings. The molecule has 0 amide bonds. The summed E-state index contributed by atoms with van der Waals surface area (Å²) in [6, 6.07) is 16.9. The van der Waals surface area contributed by atoms with Gasteiger partial charge in [-0.1, -0.05) is 30.0 Å². The van der Waals surface area contributed by atoms with Crippen LogP contribution in [0.2, 0.25) is 0 Å². The van der Waals surface area contributed by atoms with E-state index in [-0.39, 0.29) is 5.37 Å². The average Bonchev–Trinajstić information content (AvgIpc) is 3.04. The van der Waals surface area contributed by atoms with Crippen LogP contribution >= 0.6 is 11.8 Å². The second-order valence-corrected chi connectivity index (χ2v) is 6.51. The maximum Gasteiger partial charge on any atom is 0.103 e. The molecule has 4 rings (SSSR count). The first-order chi connectivity index (χ1) is 10.9. The van der Waals surface area contributed by atoms with Crippen molar-refractivity contribution in [2.75, 3.05) is 24.7 Å². The molecule has 22 heavy (non-hydrogen) atoms. The topological polar surface area (TPSA) is 41.1 Å². The first-order valence-corrected chi connectivity index (χ1v) is 8.27. The molecule has 112 valence electrons. The van der Waals surface area contributed by atoms with Gasteiger partial charge in [-0.3, -0.25) is 0 Å². The minimum Gasteiger partial charge on any atom is -0.377 e. The number of aromatic nitrogens is 2. The molecule has 1 atom stereocenters. The largest absolute Gasteiger partial charge is 0.377 e. The van der Waals surface area contributed by atoms with E-state index in [0.717, 1.165) is 30.8 Å². The van der Waals surface area contributed by atoms with Crippen LogP contribution in [0, 0.1) is 0 Å². The van der Waals surface area contributed by atoms with Gasteiger partial charge < -0.3 is 14.6 Å². The smallest absolute Gasteiger partial charge is 0.103 e. The molecule has 2 aromatic carbocycles. The number of nitrogens with one attached hydrogen (secondary N) is 1. The van der Waals surface area contributed by atoms with Crippen molar-refractivity contribution < 1.29 is 4.74 Å². The van der Waals surface area contributed by atoms with Crippen molar-refractivity contribution in [1.29, 1.82) is 0 Å². The Morgan fingerprint density at radius 2 is 2.09 bits per heavy atom. The van der Waals surface area contributed by atoms with Crippen molar-refractivity contribution in [3.63, 3.8) is 0 Å². The number of nitrogens with zero attached hydrogens (tertiary/aromatic N) is 2. The lowest BCUT2D eigenvalue weighted by atomic mass is 10.2. The lowest BCUT2D eigenvalue weighted by Gasteiger charge is -2.36. The number of anilines is 1. The van der Waals surface area contributed by atoms with E-state index in [1.165, 1.54) is 10.6 Å². The Morgan fingerprint density at radius 1 is 1.18 bits per heavy atom. The van der Waals surface area contributed by atoms with E-state index in [1.807, 2.05) is 17.8 Å². The van der Waals surface area contributed by atoms with Gasteiger partial charge in [0.2, 0.25) is 0 Å². The summed E-state index contributed by atoms with van der Waals surface area (Å²) >= 11 is 1.85. The van der Waals surface area contributed by atoms with Crippen molar-refractivity contribution in [2.24, 2.45) is 0 Å². The van der Waals surface area contributed by atoms with Crippen molar-refractivity contribution in [1.82, 2.24) is 9.97 Å². The standard InChI is InChI=1S/C17H17N3OS/c1-2-4-14(5-3-1)22-17-11-21-9-8-20(17)13-6-7-15-16(10-13)19-12-18-15/h1-7,10,12,17H,8-9,11H2,(H,18,19). The quantitative estimate of drug-likeness (QED) is 0.803. The Hall–Kier alpha value is -1.98. The number of imidazole rings is 1. The molecular formula is C17H17N3OS. The fourth-order valence-electron chi connectivity index (χ4n) is 2.73. The molecule has 1 aliphatic heterocycles. The third-order valence-corrected chi connectivity index (χ3v) is 5.04. The zero-order valence-corrected chi connectivity index (χ0v) is 12.9. The molecule has 1 aromatic heterocycles. The van der Waals surface area contributed by atoms with Crippen LogP contribution in [0.15, 0.2) is 59.8 Å². The minimum atomic E-state index is 0.288. The van der Waals surface area contributed by atoms with Gasteiger partial charge in [0.25, 0.3) is 0 Å². The van der Waals surface area contributed by atoms with Gasteiger partial charge in [0.15, 0.2) is 0 Å². The van der Waals surface area contributed by atoms with E-state index in [9.17, 15) is 0 Å². The molecule has 4 nitrogen and oxygen atoms in total. The summed E-state index contributed by atoms with van der Waals surface area (Å²) in [5.74, 6) is 0.